The second-order valence-electron chi connectivity index (χ2n) is 4.45. The molecule has 1 heterocycles. The zero-order valence-corrected chi connectivity index (χ0v) is 11.4. The molecule has 3 heteroatoms. The second kappa shape index (κ2) is 5.98. The van der Waals surface area contributed by atoms with Gasteiger partial charge in [0.1, 0.15) is 0 Å². The Morgan fingerprint density at radius 1 is 1.00 bits per heavy atom. The van der Waals surface area contributed by atoms with Crippen molar-refractivity contribution >= 4 is 11.6 Å². The van der Waals surface area contributed by atoms with Gasteiger partial charge in [0.15, 0.2) is 0 Å². The van der Waals surface area contributed by atoms with E-state index in [1.807, 2.05) is 42.7 Å². The summed E-state index contributed by atoms with van der Waals surface area (Å²) < 4.78 is 0. The largest absolute Gasteiger partial charge is 0.304 e. The maximum atomic E-state index is 6.01. The minimum atomic E-state index is 0.256. The number of benzene rings is 1. The van der Waals surface area contributed by atoms with E-state index in [0.29, 0.717) is 0 Å². The van der Waals surface area contributed by atoms with Gasteiger partial charge in [0.05, 0.1) is 0 Å². The molecule has 1 aromatic heterocycles. The Morgan fingerprint density at radius 2 is 1.67 bits per heavy atom. The predicted molar refractivity (Wildman–Crippen MR) is 75.7 cm³/mol. The third-order valence-corrected chi connectivity index (χ3v) is 3.29. The number of pyridine rings is 1. The first-order valence-corrected chi connectivity index (χ1v) is 6.46. The number of hydrogen-bond donors (Lipinski definition) is 1. The molecule has 0 bridgehead atoms. The molecule has 1 N–H and O–H groups in total. The molecular weight excluding hydrogens is 244 g/mol. The Labute approximate surface area is 113 Å². The van der Waals surface area contributed by atoms with Crippen LogP contribution in [0.4, 0.5) is 0 Å². The number of rotatable bonds is 4. The van der Waals surface area contributed by atoms with Crippen LogP contribution in [-0.4, -0.2) is 4.98 Å². The van der Waals surface area contributed by atoms with Gasteiger partial charge in [-0.2, -0.15) is 0 Å². The lowest BCUT2D eigenvalue weighted by Gasteiger charge is -2.20. The van der Waals surface area contributed by atoms with E-state index in [9.17, 15) is 0 Å². The summed E-state index contributed by atoms with van der Waals surface area (Å²) in [4.78, 5) is 4.03. The highest BCUT2D eigenvalue weighted by Gasteiger charge is 2.10. The van der Waals surface area contributed by atoms with E-state index in [4.69, 9.17) is 11.6 Å². The molecule has 2 aromatic rings. The fourth-order valence-corrected chi connectivity index (χ4v) is 2.19. The molecule has 0 saturated heterocycles. The summed E-state index contributed by atoms with van der Waals surface area (Å²) in [6, 6.07) is 12.6. The van der Waals surface area contributed by atoms with E-state index >= 15 is 0 Å². The Hall–Kier alpha value is -1.38. The van der Waals surface area contributed by atoms with E-state index in [1.165, 1.54) is 11.1 Å². The van der Waals surface area contributed by atoms with Crippen LogP contribution in [0.2, 0.25) is 5.02 Å². The standard InChI is InChI=1S/C15H17ClN2/c1-11(13-6-8-17-9-7-13)18-12(2)14-4-3-5-15(16)10-14/h3-12,18H,1-2H3/t11-,12?/m1/s1. The Morgan fingerprint density at radius 3 is 2.33 bits per heavy atom. The van der Waals surface area contributed by atoms with Gasteiger partial charge in [-0.15, -0.1) is 0 Å². The van der Waals surface area contributed by atoms with Crippen molar-refractivity contribution in [2.75, 3.05) is 0 Å². The van der Waals surface area contributed by atoms with Gasteiger partial charge in [-0.1, -0.05) is 23.7 Å². The van der Waals surface area contributed by atoms with Crippen molar-refractivity contribution in [3.63, 3.8) is 0 Å². The smallest absolute Gasteiger partial charge is 0.0409 e. The molecule has 0 saturated carbocycles. The zero-order valence-electron chi connectivity index (χ0n) is 10.6. The van der Waals surface area contributed by atoms with Crippen LogP contribution in [0.1, 0.15) is 37.1 Å². The van der Waals surface area contributed by atoms with Crippen LogP contribution < -0.4 is 5.32 Å². The zero-order chi connectivity index (χ0) is 13.0. The Bertz CT molecular complexity index is 499. The van der Waals surface area contributed by atoms with Crippen molar-refractivity contribution in [3.05, 3.63) is 64.9 Å². The summed E-state index contributed by atoms with van der Waals surface area (Å²) in [6.45, 7) is 4.29. The molecule has 0 fully saturated rings. The number of nitrogens with zero attached hydrogens (tertiary/aromatic N) is 1. The average Bonchev–Trinajstić information content (AvgIpc) is 2.39. The topological polar surface area (TPSA) is 24.9 Å². The second-order valence-corrected chi connectivity index (χ2v) is 4.88. The molecule has 1 aromatic carbocycles. The average molecular weight is 261 g/mol. The number of aromatic nitrogens is 1. The molecule has 0 aliphatic heterocycles. The first kappa shape index (κ1) is 13.1. The summed E-state index contributed by atoms with van der Waals surface area (Å²) >= 11 is 6.01. The van der Waals surface area contributed by atoms with Crippen LogP contribution in [0, 0.1) is 0 Å². The lowest BCUT2D eigenvalue weighted by molar-refractivity contribution is 0.494. The van der Waals surface area contributed by atoms with Crippen molar-refractivity contribution in [2.45, 2.75) is 25.9 Å². The molecule has 2 atom stereocenters. The molecule has 18 heavy (non-hydrogen) atoms. The lowest BCUT2D eigenvalue weighted by atomic mass is 10.1. The van der Waals surface area contributed by atoms with Gasteiger partial charge < -0.3 is 5.32 Å². The van der Waals surface area contributed by atoms with Crippen molar-refractivity contribution in [2.24, 2.45) is 0 Å². The summed E-state index contributed by atoms with van der Waals surface area (Å²) in [5.74, 6) is 0. The van der Waals surface area contributed by atoms with E-state index in [2.05, 4.69) is 30.2 Å². The molecule has 2 rings (SSSR count). The molecule has 0 aliphatic rings. The third kappa shape index (κ3) is 3.31. The molecule has 94 valence electrons. The lowest BCUT2D eigenvalue weighted by Crippen LogP contribution is -2.22. The van der Waals surface area contributed by atoms with Crippen molar-refractivity contribution in [3.8, 4) is 0 Å². The van der Waals surface area contributed by atoms with Gasteiger partial charge in [0, 0.05) is 29.5 Å². The monoisotopic (exact) mass is 260 g/mol. The van der Waals surface area contributed by atoms with Gasteiger partial charge >= 0.3 is 0 Å². The molecule has 2 nitrogen and oxygen atoms in total. The van der Waals surface area contributed by atoms with Crippen molar-refractivity contribution in [1.29, 1.82) is 0 Å². The summed E-state index contributed by atoms with van der Waals surface area (Å²) in [7, 11) is 0. The van der Waals surface area contributed by atoms with E-state index < -0.39 is 0 Å². The summed E-state index contributed by atoms with van der Waals surface area (Å²) in [5, 5.41) is 4.33. The first-order valence-electron chi connectivity index (χ1n) is 6.08. The van der Waals surface area contributed by atoms with Gasteiger partial charge in [-0.05, 0) is 49.2 Å². The van der Waals surface area contributed by atoms with E-state index in [1.54, 1.807) is 0 Å². The van der Waals surface area contributed by atoms with Gasteiger partial charge in [0.2, 0.25) is 0 Å². The van der Waals surface area contributed by atoms with Crippen LogP contribution in [0.25, 0.3) is 0 Å². The maximum Gasteiger partial charge on any atom is 0.0409 e. The molecule has 1 unspecified atom stereocenters. The van der Waals surface area contributed by atoms with Crippen molar-refractivity contribution < 1.29 is 0 Å². The van der Waals surface area contributed by atoms with Gasteiger partial charge in [0.25, 0.3) is 0 Å². The highest BCUT2D eigenvalue weighted by Crippen LogP contribution is 2.21. The molecule has 0 aliphatic carbocycles. The first-order chi connectivity index (χ1) is 8.66. The fourth-order valence-electron chi connectivity index (χ4n) is 2.00. The van der Waals surface area contributed by atoms with Crippen LogP contribution >= 0.6 is 11.6 Å². The fraction of sp³-hybridized carbons (Fsp3) is 0.267. The Balaban J connectivity index is 2.05. The number of halogens is 1. The third-order valence-electron chi connectivity index (χ3n) is 3.05. The minimum absolute atomic E-state index is 0.256. The molecule has 0 spiro atoms. The number of nitrogens with one attached hydrogen (secondary N) is 1. The number of hydrogen-bond acceptors (Lipinski definition) is 2. The van der Waals surface area contributed by atoms with Gasteiger partial charge in [-0.25, -0.2) is 0 Å². The highest BCUT2D eigenvalue weighted by atomic mass is 35.5. The SMILES string of the molecule is CC(N[C@H](C)c1ccncc1)c1cccc(Cl)c1. The quantitative estimate of drug-likeness (QED) is 0.893. The van der Waals surface area contributed by atoms with Crippen LogP contribution in [-0.2, 0) is 0 Å². The predicted octanol–water partition coefficient (Wildman–Crippen LogP) is 4.15. The van der Waals surface area contributed by atoms with Crippen molar-refractivity contribution in [1.82, 2.24) is 10.3 Å². The molecule has 0 amide bonds. The Kier molecular flexibility index (Phi) is 4.34. The maximum absolute atomic E-state index is 6.01. The van der Waals surface area contributed by atoms with E-state index in [0.717, 1.165) is 5.02 Å². The molecular formula is C15H17ClN2. The normalized spacial score (nSPS) is 14.2. The van der Waals surface area contributed by atoms with E-state index in [-0.39, 0.29) is 12.1 Å². The van der Waals surface area contributed by atoms with Crippen LogP contribution in [0.5, 0.6) is 0 Å². The van der Waals surface area contributed by atoms with Crippen LogP contribution in [0.15, 0.2) is 48.8 Å². The highest BCUT2D eigenvalue weighted by molar-refractivity contribution is 6.30. The summed E-state index contributed by atoms with van der Waals surface area (Å²) in [5.41, 5.74) is 2.43. The minimum Gasteiger partial charge on any atom is -0.304 e. The van der Waals surface area contributed by atoms with Gasteiger partial charge in [-0.3, -0.25) is 4.98 Å². The van der Waals surface area contributed by atoms with Crippen LogP contribution in [0.3, 0.4) is 0 Å². The summed E-state index contributed by atoms with van der Waals surface area (Å²) in [6.07, 6.45) is 3.63. The molecule has 0 radical (unpaired) electrons.